The van der Waals surface area contributed by atoms with Crippen LogP contribution in [0.5, 0.6) is 5.75 Å². The number of benzene rings is 1. The summed E-state index contributed by atoms with van der Waals surface area (Å²) in [6.07, 6.45) is 0. The van der Waals surface area contributed by atoms with Gasteiger partial charge in [0, 0.05) is 6.07 Å². The second kappa shape index (κ2) is 4.77. The fourth-order valence-corrected chi connectivity index (χ4v) is 1.25. The van der Waals surface area contributed by atoms with E-state index >= 15 is 0 Å². The standard InChI is InChI=1S/C11H14NO3/c1-4-15-11-6-9(8(2)3)5-10(7-11)12(13)14/h5-8H,2,4H2,1,3H3. The lowest BCUT2D eigenvalue weighted by molar-refractivity contribution is -0.385. The van der Waals surface area contributed by atoms with Crippen molar-refractivity contribution in [2.75, 3.05) is 6.61 Å². The second-order valence-corrected chi connectivity index (χ2v) is 3.35. The Hall–Kier alpha value is -1.58. The molecule has 0 fully saturated rings. The summed E-state index contributed by atoms with van der Waals surface area (Å²) in [7, 11) is 0. The molecule has 0 N–H and O–H groups in total. The van der Waals surface area contributed by atoms with Crippen LogP contribution in [0.1, 0.15) is 25.3 Å². The summed E-state index contributed by atoms with van der Waals surface area (Å²) in [6.45, 7) is 8.05. The molecule has 0 spiro atoms. The summed E-state index contributed by atoms with van der Waals surface area (Å²) < 4.78 is 5.26. The molecule has 4 nitrogen and oxygen atoms in total. The number of nitro benzene ring substituents is 1. The zero-order valence-electron chi connectivity index (χ0n) is 8.90. The van der Waals surface area contributed by atoms with Crippen molar-refractivity contribution in [3.05, 3.63) is 40.8 Å². The van der Waals surface area contributed by atoms with Gasteiger partial charge in [-0.2, -0.15) is 0 Å². The summed E-state index contributed by atoms with van der Waals surface area (Å²) in [4.78, 5) is 10.2. The van der Waals surface area contributed by atoms with E-state index in [0.717, 1.165) is 5.56 Å². The summed E-state index contributed by atoms with van der Waals surface area (Å²) in [6, 6.07) is 4.74. The highest BCUT2D eigenvalue weighted by Gasteiger charge is 2.12. The van der Waals surface area contributed by atoms with Gasteiger partial charge in [-0.1, -0.05) is 6.92 Å². The van der Waals surface area contributed by atoms with Gasteiger partial charge in [0.25, 0.3) is 5.69 Å². The van der Waals surface area contributed by atoms with Gasteiger partial charge in [-0.05, 0) is 31.4 Å². The molecule has 0 aromatic heterocycles. The predicted octanol–water partition coefficient (Wildman–Crippen LogP) is 2.93. The average molecular weight is 208 g/mol. The number of nitrogens with zero attached hydrogens (tertiary/aromatic N) is 1. The van der Waals surface area contributed by atoms with Gasteiger partial charge in [-0.25, -0.2) is 0 Å². The van der Waals surface area contributed by atoms with Crippen LogP contribution in [0.15, 0.2) is 18.2 Å². The Morgan fingerprint density at radius 3 is 2.67 bits per heavy atom. The molecule has 0 aliphatic carbocycles. The van der Waals surface area contributed by atoms with Gasteiger partial charge in [0.05, 0.1) is 17.6 Å². The van der Waals surface area contributed by atoms with Crippen molar-refractivity contribution in [1.29, 1.82) is 0 Å². The minimum absolute atomic E-state index is 0.00380. The highest BCUT2D eigenvalue weighted by atomic mass is 16.6. The summed E-state index contributed by atoms with van der Waals surface area (Å²) in [5, 5.41) is 10.7. The third-order valence-electron chi connectivity index (χ3n) is 2.00. The van der Waals surface area contributed by atoms with E-state index in [1.54, 1.807) is 6.07 Å². The SMILES string of the molecule is [CH2]C(C)c1cc(OCC)cc([N+](=O)[O-])c1. The molecule has 0 aliphatic heterocycles. The first-order valence-corrected chi connectivity index (χ1v) is 4.79. The Kier molecular flexibility index (Phi) is 3.66. The van der Waals surface area contributed by atoms with Gasteiger partial charge in [0.15, 0.2) is 0 Å². The van der Waals surface area contributed by atoms with Crippen LogP contribution in [-0.4, -0.2) is 11.5 Å². The van der Waals surface area contributed by atoms with Crippen LogP contribution < -0.4 is 4.74 Å². The lowest BCUT2D eigenvalue weighted by atomic mass is 10.0. The number of hydrogen-bond donors (Lipinski definition) is 0. The highest BCUT2D eigenvalue weighted by Crippen LogP contribution is 2.26. The molecular formula is C11H14NO3. The molecule has 1 aromatic rings. The maximum absolute atomic E-state index is 10.7. The van der Waals surface area contributed by atoms with Gasteiger partial charge in [0.1, 0.15) is 5.75 Å². The van der Waals surface area contributed by atoms with Crippen LogP contribution in [0, 0.1) is 17.0 Å². The van der Waals surface area contributed by atoms with Crippen molar-refractivity contribution in [2.45, 2.75) is 19.8 Å². The third kappa shape index (κ3) is 2.94. The van der Waals surface area contributed by atoms with Crippen LogP contribution in [-0.2, 0) is 0 Å². The number of rotatable bonds is 4. The molecule has 1 radical (unpaired) electrons. The zero-order chi connectivity index (χ0) is 11.4. The van der Waals surface area contributed by atoms with Crippen molar-refractivity contribution in [3.8, 4) is 5.75 Å². The summed E-state index contributed by atoms with van der Waals surface area (Å²) >= 11 is 0. The van der Waals surface area contributed by atoms with E-state index in [9.17, 15) is 10.1 Å². The van der Waals surface area contributed by atoms with E-state index in [4.69, 9.17) is 4.74 Å². The number of non-ortho nitro benzene ring substituents is 1. The van der Waals surface area contributed by atoms with Gasteiger partial charge in [-0.15, -0.1) is 0 Å². The van der Waals surface area contributed by atoms with Crippen molar-refractivity contribution >= 4 is 5.69 Å². The van der Waals surface area contributed by atoms with Gasteiger partial charge < -0.3 is 4.74 Å². The minimum atomic E-state index is -0.422. The van der Waals surface area contributed by atoms with Crippen LogP contribution in [0.25, 0.3) is 0 Å². The van der Waals surface area contributed by atoms with E-state index < -0.39 is 4.92 Å². The molecule has 81 valence electrons. The predicted molar refractivity (Wildman–Crippen MR) is 58.0 cm³/mol. The van der Waals surface area contributed by atoms with E-state index in [2.05, 4.69) is 6.92 Å². The molecule has 1 aromatic carbocycles. The van der Waals surface area contributed by atoms with Crippen molar-refractivity contribution < 1.29 is 9.66 Å². The number of ether oxygens (including phenoxy) is 1. The molecule has 0 heterocycles. The lowest BCUT2D eigenvalue weighted by Crippen LogP contribution is -1.97. The Morgan fingerprint density at radius 2 is 2.20 bits per heavy atom. The quantitative estimate of drug-likeness (QED) is 0.564. The number of hydrogen-bond acceptors (Lipinski definition) is 3. The molecule has 0 bridgehead atoms. The zero-order valence-corrected chi connectivity index (χ0v) is 8.90. The monoisotopic (exact) mass is 208 g/mol. The largest absolute Gasteiger partial charge is 0.494 e. The molecule has 4 heteroatoms. The smallest absolute Gasteiger partial charge is 0.273 e. The van der Waals surface area contributed by atoms with Gasteiger partial charge in [0.2, 0.25) is 0 Å². The normalized spacial score (nSPS) is 10.4. The highest BCUT2D eigenvalue weighted by molar-refractivity contribution is 5.44. The van der Waals surface area contributed by atoms with E-state index in [0.29, 0.717) is 12.4 Å². The fraction of sp³-hybridized carbons (Fsp3) is 0.364. The first-order valence-electron chi connectivity index (χ1n) is 4.79. The maximum atomic E-state index is 10.7. The van der Waals surface area contributed by atoms with Crippen LogP contribution in [0.2, 0.25) is 0 Å². The first kappa shape index (κ1) is 11.5. The fourth-order valence-electron chi connectivity index (χ4n) is 1.25. The summed E-state index contributed by atoms with van der Waals surface area (Å²) in [5.41, 5.74) is 0.860. The molecular weight excluding hydrogens is 194 g/mol. The second-order valence-electron chi connectivity index (χ2n) is 3.35. The third-order valence-corrected chi connectivity index (χ3v) is 2.00. The molecule has 15 heavy (non-hydrogen) atoms. The van der Waals surface area contributed by atoms with Crippen LogP contribution >= 0.6 is 0 Å². The van der Waals surface area contributed by atoms with E-state index in [-0.39, 0.29) is 11.6 Å². The molecule has 1 rings (SSSR count). The molecule has 0 saturated carbocycles. The molecule has 0 aliphatic rings. The molecule has 0 saturated heterocycles. The minimum Gasteiger partial charge on any atom is -0.494 e. The molecule has 1 atom stereocenters. The Bertz CT molecular complexity index is 361. The van der Waals surface area contributed by atoms with E-state index in [1.165, 1.54) is 12.1 Å². The van der Waals surface area contributed by atoms with Crippen LogP contribution in [0.3, 0.4) is 0 Å². The van der Waals surface area contributed by atoms with E-state index in [1.807, 2.05) is 13.8 Å². The first-order chi connectivity index (χ1) is 7.04. The molecule has 0 amide bonds. The maximum Gasteiger partial charge on any atom is 0.273 e. The summed E-state index contributed by atoms with van der Waals surface area (Å²) in [5.74, 6) is 0.529. The Labute approximate surface area is 89.0 Å². The van der Waals surface area contributed by atoms with Crippen LogP contribution in [0.4, 0.5) is 5.69 Å². The van der Waals surface area contributed by atoms with Crippen molar-refractivity contribution in [3.63, 3.8) is 0 Å². The average Bonchev–Trinajstić information content (AvgIpc) is 2.17. The van der Waals surface area contributed by atoms with Gasteiger partial charge in [-0.3, -0.25) is 10.1 Å². The van der Waals surface area contributed by atoms with Crippen molar-refractivity contribution in [1.82, 2.24) is 0 Å². The topological polar surface area (TPSA) is 52.4 Å². The Balaban J connectivity index is 3.14. The lowest BCUT2D eigenvalue weighted by Gasteiger charge is -2.08. The Morgan fingerprint density at radius 1 is 1.53 bits per heavy atom. The van der Waals surface area contributed by atoms with Gasteiger partial charge >= 0.3 is 0 Å². The number of nitro groups is 1. The van der Waals surface area contributed by atoms with Crippen molar-refractivity contribution in [2.24, 2.45) is 0 Å². The molecule has 1 unspecified atom stereocenters.